The van der Waals surface area contributed by atoms with Gasteiger partial charge in [0.2, 0.25) is 4.33 Å². The maximum absolute atomic E-state index is 13.5. The van der Waals surface area contributed by atoms with Crippen molar-refractivity contribution in [1.29, 1.82) is 0 Å². The third-order valence-electron chi connectivity index (χ3n) is 2.78. The van der Waals surface area contributed by atoms with Gasteiger partial charge in [-0.05, 0) is 30.7 Å². The minimum atomic E-state index is -3.77. The summed E-state index contributed by atoms with van der Waals surface area (Å²) in [6, 6.07) is 7.06. The highest BCUT2D eigenvalue weighted by Crippen LogP contribution is 2.54. The van der Waals surface area contributed by atoms with E-state index in [1.54, 1.807) is 12.1 Å². The van der Waals surface area contributed by atoms with Crippen molar-refractivity contribution in [2.75, 3.05) is 0 Å². The van der Waals surface area contributed by atoms with E-state index in [9.17, 15) is 13.6 Å². The van der Waals surface area contributed by atoms with E-state index in [1.165, 1.54) is 0 Å². The summed E-state index contributed by atoms with van der Waals surface area (Å²) in [4.78, 5) is 12.2. The number of ether oxygens (including phenoxy) is 1. The van der Waals surface area contributed by atoms with E-state index in [2.05, 4.69) is 0 Å². The molecule has 20 heavy (non-hydrogen) atoms. The van der Waals surface area contributed by atoms with Crippen molar-refractivity contribution >= 4 is 52.5 Å². The normalized spacial score (nSPS) is 25.6. The van der Waals surface area contributed by atoms with Gasteiger partial charge >= 0.3 is 11.4 Å². The van der Waals surface area contributed by atoms with Gasteiger partial charge in [-0.3, -0.25) is 0 Å². The number of esters is 1. The third-order valence-corrected chi connectivity index (χ3v) is 4.94. The Morgan fingerprint density at radius 1 is 1.30 bits per heavy atom. The van der Waals surface area contributed by atoms with Crippen molar-refractivity contribution < 1.29 is 18.3 Å². The fraction of sp³-hybridized carbons (Fsp3) is 0.417. The number of aryl methyl sites for hydroxylation is 1. The van der Waals surface area contributed by atoms with Gasteiger partial charge in [-0.25, -0.2) is 4.79 Å². The van der Waals surface area contributed by atoms with Gasteiger partial charge < -0.3 is 4.74 Å². The highest BCUT2D eigenvalue weighted by Gasteiger charge is 2.65. The summed E-state index contributed by atoms with van der Waals surface area (Å²) in [5.74, 6) is -2.96. The molecule has 0 aliphatic carbocycles. The van der Waals surface area contributed by atoms with E-state index >= 15 is 0 Å². The SMILES string of the molecule is Cc1ccc(S[C@H]2OC(=O)C(Cl)(Cl)[C@@H]2C(F)(F)Cl)cc1. The summed E-state index contributed by atoms with van der Waals surface area (Å²) < 4.78 is 29.4. The molecule has 110 valence electrons. The number of hydrogen-bond donors (Lipinski definition) is 0. The summed E-state index contributed by atoms with van der Waals surface area (Å²) >= 11 is 17.3. The van der Waals surface area contributed by atoms with Crippen molar-refractivity contribution in [2.45, 2.75) is 27.0 Å². The van der Waals surface area contributed by atoms with Gasteiger partial charge in [0, 0.05) is 4.90 Å². The second kappa shape index (κ2) is 5.52. The van der Waals surface area contributed by atoms with Crippen LogP contribution < -0.4 is 0 Å². The lowest BCUT2D eigenvalue weighted by Crippen LogP contribution is -2.40. The van der Waals surface area contributed by atoms with Crippen molar-refractivity contribution in [3.05, 3.63) is 29.8 Å². The summed E-state index contributed by atoms with van der Waals surface area (Å²) in [7, 11) is 0. The van der Waals surface area contributed by atoms with Crippen LogP contribution in [0.3, 0.4) is 0 Å². The van der Waals surface area contributed by atoms with Crippen molar-refractivity contribution in [3.8, 4) is 0 Å². The molecule has 8 heteroatoms. The zero-order valence-corrected chi connectivity index (χ0v) is 13.2. The average molecular weight is 362 g/mol. The van der Waals surface area contributed by atoms with Gasteiger partial charge in [0.25, 0.3) is 0 Å². The maximum Gasteiger partial charge on any atom is 0.344 e. The van der Waals surface area contributed by atoms with Crippen LogP contribution in [0.5, 0.6) is 0 Å². The standard InChI is InChI=1S/C12H9Cl3F2O2S/c1-6-2-4-7(5-3-6)20-9-8(12(15,16)17)11(13,14)10(18)19-9/h2-5,8-9H,1H3/t8-,9-/m1/s1. The topological polar surface area (TPSA) is 26.3 Å². The van der Waals surface area contributed by atoms with E-state index in [-0.39, 0.29) is 0 Å². The zero-order valence-electron chi connectivity index (χ0n) is 10.1. The molecule has 0 N–H and O–H groups in total. The van der Waals surface area contributed by atoms with E-state index in [1.807, 2.05) is 19.1 Å². The third kappa shape index (κ3) is 3.16. The lowest BCUT2D eigenvalue weighted by Gasteiger charge is -2.25. The van der Waals surface area contributed by atoms with Crippen LogP contribution in [0, 0.1) is 12.8 Å². The Kier molecular flexibility index (Phi) is 4.46. The predicted octanol–water partition coefficient (Wildman–Crippen LogP) is 4.59. The molecule has 0 saturated carbocycles. The highest BCUT2D eigenvalue weighted by molar-refractivity contribution is 7.99. The second-order valence-corrected chi connectivity index (χ2v) is 7.41. The van der Waals surface area contributed by atoms with Gasteiger partial charge in [-0.15, -0.1) is 0 Å². The van der Waals surface area contributed by atoms with Gasteiger partial charge in [-0.2, -0.15) is 8.78 Å². The molecule has 1 heterocycles. The monoisotopic (exact) mass is 360 g/mol. The molecule has 0 amide bonds. The minimum absolute atomic E-state index is 0.644. The molecule has 1 aliphatic rings. The summed E-state index contributed by atoms with van der Waals surface area (Å²) in [5.41, 5.74) is -0.242. The molecule has 0 spiro atoms. The van der Waals surface area contributed by atoms with Crippen molar-refractivity contribution in [3.63, 3.8) is 0 Å². The number of cyclic esters (lactones) is 1. The lowest BCUT2D eigenvalue weighted by molar-refractivity contribution is -0.139. The average Bonchev–Trinajstić information content (AvgIpc) is 2.51. The summed E-state index contributed by atoms with van der Waals surface area (Å²) in [5, 5.41) is -3.77. The fourth-order valence-electron chi connectivity index (χ4n) is 1.75. The molecular formula is C12H9Cl3F2O2S. The second-order valence-electron chi connectivity index (χ2n) is 4.35. The molecule has 1 saturated heterocycles. The van der Waals surface area contributed by atoms with Gasteiger partial charge in [0.05, 0.1) is 0 Å². The molecule has 0 radical (unpaired) electrons. The highest BCUT2D eigenvalue weighted by atomic mass is 35.5. The van der Waals surface area contributed by atoms with Crippen LogP contribution in [0.2, 0.25) is 0 Å². The van der Waals surface area contributed by atoms with Crippen molar-refractivity contribution in [1.82, 2.24) is 0 Å². The Morgan fingerprint density at radius 3 is 2.35 bits per heavy atom. The number of hydrogen-bond acceptors (Lipinski definition) is 3. The molecule has 0 aromatic heterocycles. The first-order chi connectivity index (χ1) is 9.12. The molecule has 1 aromatic rings. The molecule has 2 rings (SSSR count). The van der Waals surface area contributed by atoms with E-state index in [0.29, 0.717) is 4.90 Å². The van der Waals surface area contributed by atoms with Crippen molar-refractivity contribution in [2.24, 2.45) is 5.92 Å². The smallest absolute Gasteiger partial charge is 0.344 e. The number of carbonyl (C=O) groups is 1. The molecule has 1 aromatic carbocycles. The van der Waals surface area contributed by atoms with Crippen LogP contribution >= 0.6 is 46.6 Å². The molecule has 2 atom stereocenters. The quantitative estimate of drug-likeness (QED) is 0.582. The van der Waals surface area contributed by atoms with Gasteiger partial charge in [-0.1, -0.05) is 52.7 Å². The first-order valence-corrected chi connectivity index (χ1v) is 7.52. The molecule has 1 aliphatic heterocycles. The summed E-state index contributed by atoms with van der Waals surface area (Å²) in [6.45, 7) is 1.89. The van der Waals surface area contributed by atoms with Crippen LogP contribution in [-0.2, 0) is 9.53 Å². The van der Waals surface area contributed by atoms with E-state index < -0.39 is 27.0 Å². The molecule has 0 unspecified atom stereocenters. The first-order valence-electron chi connectivity index (χ1n) is 5.51. The number of benzene rings is 1. The number of rotatable bonds is 3. The van der Waals surface area contributed by atoms with Gasteiger partial charge in [0.1, 0.15) is 5.92 Å². The Morgan fingerprint density at radius 2 is 1.85 bits per heavy atom. The first kappa shape index (κ1) is 16.1. The number of halogens is 5. The molecule has 1 fully saturated rings. The minimum Gasteiger partial charge on any atom is -0.448 e. The van der Waals surface area contributed by atoms with Crippen LogP contribution in [-0.4, -0.2) is 21.1 Å². The Hall–Kier alpha value is -0.230. The van der Waals surface area contributed by atoms with Crippen LogP contribution in [0.15, 0.2) is 29.2 Å². The lowest BCUT2D eigenvalue weighted by atomic mass is 10.1. The predicted molar refractivity (Wildman–Crippen MR) is 75.6 cm³/mol. The Bertz CT molecular complexity index is 516. The Labute approximate surface area is 133 Å². The van der Waals surface area contributed by atoms with Crippen LogP contribution in [0.4, 0.5) is 8.78 Å². The van der Waals surface area contributed by atoms with Crippen LogP contribution in [0.25, 0.3) is 0 Å². The summed E-state index contributed by atoms with van der Waals surface area (Å²) in [6.07, 6.45) is 0. The van der Waals surface area contributed by atoms with E-state index in [0.717, 1.165) is 17.3 Å². The van der Waals surface area contributed by atoms with E-state index in [4.69, 9.17) is 39.5 Å². The number of alkyl halides is 5. The maximum atomic E-state index is 13.5. The number of thioether (sulfide) groups is 1. The Balaban J connectivity index is 2.26. The zero-order chi connectivity index (χ0) is 15.1. The largest absolute Gasteiger partial charge is 0.448 e. The molecular weight excluding hydrogens is 353 g/mol. The van der Waals surface area contributed by atoms with Crippen LogP contribution in [0.1, 0.15) is 5.56 Å². The molecule has 2 nitrogen and oxygen atoms in total. The number of carbonyl (C=O) groups excluding carboxylic acids is 1. The molecule has 0 bridgehead atoms. The van der Waals surface area contributed by atoms with Gasteiger partial charge in [0.15, 0.2) is 5.44 Å². The fourth-order valence-corrected chi connectivity index (χ4v) is 4.17.